The molecule has 0 saturated heterocycles. The number of non-ortho nitro benzene ring substituents is 1. The fourth-order valence-electron chi connectivity index (χ4n) is 2.96. The van der Waals surface area contributed by atoms with Crippen molar-refractivity contribution in [2.75, 3.05) is 0 Å². The van der Waals surface area contributed by atoms with Crippen LogP contribution in [0.2, 0.25) is 0 Å². The minimum Gasteiger partial charge on any atom is -0.503 e. The summed E-state index contributed by atoms with van der Waals surface area (Å²) >= 11 is 1.24. The maximum absolute atomic E-state index is 11.0. The molecule has 0 saturated carbocycles. The number of hydrogen-bond acceptors (Lipinski definition) is 7. The highest BCUT2D eigenvalue weighted by Crippen LogP contribution is 2.33. The molecule has 31 heavy (non-hydrogen) atoms. The van der Waals surface area contributed by atoms with E-state index in [0.717, 1.165) is 11.1 Å². The second-order valence-electron chi connectivity index (χ2n) is 6.71. The highest BCUT2D eigenvalue weighted by molar-refractivity contribution is 7.11. The van der Waals surface area contributed by atoms with Crippen LogP contribution in [-0.4, -0.2) is 15.0 Å². The normalized spacial score (nSPS) is 11.6. The molecular weight excluding hydrogens is 414 g/mol. The number of furan rings is 1. The molecule has 152 valence electrons. The number of nitrogens with zero attached hydrogens (tertiary/aromatic N) is 3. The summed E-state index contributed by atoms with van der Waals surface area (Å²) in [6.07, 6.45) is 0. The number of nitro benzene ring substituents is 1. The molecule has 8 heteroatoms. The number of rotatable bonds is 5. The maximum Gasteiger partial charge on any atom is 0.270 e. The first-order valence-electron chi connectivity index (χ1n) is 9.17. The number of allylic oxidation sites excluding steroid dienone is 1. The van der Waals surface area contributed by atoms with Crippen LogP contribution in [-0.2, 0) is 0 Å². The van der Waals surface area contributed by atoms with Gasteiger partial charge in [0, 0.05) is 28.6 Å². The number of aryl methyl sites for hydroxylation is 1. The second-order valence-corrected chi connectivity index (χ2v) is 7.57. The number of thiazole rings is 1. The van der Waals surface area contributed by atoms with Gasteiger partial charge in [0.25, 0.3) is 5.69 Å². The predicted molar refractivity (Wildman–Crippen MR) is 118 cm³/mol. The van der Waals surface area contributed by atoms with Gasteiger partial charge in [-0.15, -0.1) is 11.3 Å². The zero-order valence-corrected chi connectivity index (χ0v) is 17.1. The van der Waals surface area contributed by atoms with Gasteiger partial charge in [-0.05, 0) is 19.1 Å². The van der Waals surface area contributed by atoms with E-state index in [0.29, 0.717) is 22.0 Å². The number of hydrogen-bond donors (Lipinski definition) is 1. The van der Waals surface area contributed by atoms with Crippen molar-refractivity contribution >= 4 is 28.4 Å². The van der Waals surface area contributed by atoms with Crippen LogP contribution in [0.3, 0.4) is 0 Å². The SMILES string of the molecule is Cc1ccc(-c2csc(/C(C#N)=C(/O)c3ccc(-c4cccc([N+](=O)[O-])c4)o3)n2)cc1. The number of nitriles is 1. The molecule has 0 aliphatic heterocycles. The smallest absolute Gasteiger partial charge is 0.270 e. The summed E-state index contributed by atoms with van der Waals surface area (Å²) in [4.78, 5) is 15.0. The average molecular weight is 429 g/mol. The fourth-order valence-corrected chi connectivity index (χ4v) is 3.79. The van der Waals surface area contributed by atoms with Gasteiger partial charge in [-0.25, -0.2) is 4.98 Å². The molecule has 7 nitrogen and oxygen atoms in total. The molecule has 0 aliphatic rings. The van der Waals surface area contributed by atoms with Crippen molar-refractivity contribution in [3.8, 4) is 28.7 Å². The molecule has 0 fully saturated rings. The van der Waals surface area contributed by atoms with E-state index >= 15 is 0 Å². The van der Waals surface area contributed by atoms with Crippen molar-refractivity contribution in [1.82, 2.24) is 4.98 Å². The van der Waals surface area contributed by atoms with Gasteiger partial charge in [-0.3, -0.25) is 10.1 Å². The van der Waals surface area contributed by atoms with Crippen LogP contribution < -0.4 is 0 Å². The van der Waals surface area contributed by atoms with Crippen molar-refractivity contribution in [3.63, 3.8) is 0 Å². The Bertz CT molecular complexity index is 1340. The molecular formula is C23H15N3O4S. The Labute approximate surface area is 181 Å². The molecule has 1 N–H and O–H groups in total. The third-order valence-corrected chi connectivity index (χ3v) is 5.45. The summed E-state index contributed by atoms with van der Waals surface area (Å²) in [5.41, 5.74) is 3.16. The van der Waals surface area contributed by atoms with E-state index in [1.54, 1.807) is 18.2 Å². The van der Waals surface area contributed by atoms with Gasteiger partial charge in [0.05, 0.1) is 10.6 Å². The third-order valence-electron chi connectivity index (χ3n) is 4.59. The van der Waals surface area contributed by atoms with Crippen LogP contribution in [0, 0.1) is 28.4 Å². The second kappa shape index (κ2) is 8.26. The lowest BCUT2D eigenvalue weighted by atomic mass is 10.1. The first kappa shape index (κ1) is 20.1. The Morgan fingerprint density at radius 2 is 1.94 bits per heavy atom. The lowest BCUT2D eigenvalue weighted by Gasteiger charge is -2.00. The molecule has 0 amide bonds. The first-order chi connectivity index (χ1) is 15.0. The minimum absolute atomic E-state index is 0.0108. The number of benzene rings is 2. The van der Waals surface area contributed by atoms with E-state index in [2.05, 4.69) is 4.98 Å². The third kappa shape index (κ3) is 4.08. The van der Waals surface area contributed by atoms with Crippen molar-refractivity contribution in [2.24, 2.45) is 0 Å². The summed E-state index contributed by atoms with van der Waals surface area (Å²) in [5.74, 6) is 0.0659. The van der Waals surface area contributed by atoms with Gasteiger partial charge < -0.3 is 9.52 Å². The molecule has 4 rings (SSSR count). The molecule has 0 spiro atoms. The highest BCUT2D eigenvalue weighted by Gasteiger charge is 2.19. The number of aromatic nitrogens is 1. The van der Waals surface area contributed by atoms with Gasteiger partial charge in [0.2, 0.25) is 0 Å². The van der Waals surface area contributed by atoms with Gasteiger partial charge in [-0.1, -0.05) is 42.0 Å². The molecule has 4 aromatic rings. The Kier molecular flexibility index (Phi) is 5.35. The number of aliphatic hydroxyl groups is 1. The van der Waals surface area contributed by atoms with E-state index in [9.17, 15) is 20.5 Å². The molecule has 0 atom stereocenters. The van der Waals surface area contributed by atoms with E-state index in [4.69, 9.17) is 4.42 Å². The van der Waals surface area contributed by atoms with E-state index in [-0.39, 0.29) is 22.8 Å². The largest absolute Gasteiger partial charge is 0.503 e. The lowest BCUT2D eigenvalue weighted by molar-refractivity contribution is -0.384. The van der Waals surface area contributed by atoms with Crippen molar-refractivity contribution in [3.05, 3.63) is 92.5 Å². The van der Waals surface area contributed by atoms with Gasteiger partial charge in [-0.2, -0.15) is 5.26 Å². The molecule has 2 aromatic carbocycles. The summed E-state index contributed by atoms with van der Waals surface area (Å²) in [7, 11) is 0. The summed E-state index contributed by atoms with van der Waals surface area (Å²) in [6, 6.07) is 18.9. The minimum atomic E-state index is -0.493. The maximum atomic E-state index is 11.0. The number of nitro groups is 1. The molecule has 2 heterocycles. The fraction of sp³-hybridized carbons (Fsp3) is 0.0435. The standard InChI is InChI=1S/C23H15N3O4S/c1-14-5-7-15(8-6-14)19-13-31-23(25-19)18(12-24)22(27)21-10-9-20(30-21)16-3-2-4-17(11-16)26(28)29/h2-11,13,27H,1H3/b22-18+. The van der Waals surface area contributed by atoms with Crippen LogP contribution in [0.5, 0.6) is 0 Å². The van der Waals surface area contributed by atoms with Crippen LogP contribution in [0.4, 0.5) is 5.69 Å². The average Bonchev–Trinajstić information content (AvgIpc) is 3.45. The topological polar surface area (TPSA) is 113 Å². The predicted octanol–water partition coefficient (Wildman–Crippen LogP) is 6.24. The quantitative estimate of drug-likeness (QED) is 0.174. The Hall–Kier alpha value is -4.22. The van der Waals surface area contributed by atoms with Crippen LogP contribution in [0.15, 0.2) is 70.5 Å². The molecule has 0 radical (unpaired) electrons. The van der Waals surface area contributed by atoms with Crippen LogP contribution in [0.1, 0.15) is 16.3 Å². The molecule has 0 bridgehead atoms. The Morgan fingerprint density at radius 3 is 2.65 bits per heavy atom. The van der Waals surface area contributed by atoms with Gasteiger partial charge in [0.15, 0.2) is 11.5 Å². The Balaban J connectivity index is 1.67. The molecule has 2 aromatic heterocycles. The van der Waals surface area contributed by atoms with Crippen LogP contribution in [0.25, 0.3) is 33.9 Å². The van der Waals surface area contributed by atoms with E-state index in [1.807, 2.05) is 42.6 Å². The van der Waals surface area contributed by atoms with Crippen molar-refractivity contribution in [1.29, 1.82) is 5.26 Å². The molecule has 0 aliphatic carbocycles. The highest BCUT2D eigenvalue weighted by atomic mass is 32.1. The monoisotopic (exact) mass is 429 g/mol. The summed E-state index contributed by atoms with van der Waals surface area (Å²) < 4.78 is 5.67. The van der Waals surface area contributed by atoms with Gasteiger partial charge >= 0.3 is 0 Å². The molecule has 0 unspecified atom stereocenters. The zero-order chi connectivity index (χ0) is 22.0. The van der Waals surface area contributed by atoms with Crippen molar-refractivity contribution in [2.45, 2.75) is 6.92 Å². The van der Waals surface area contributed by atoms with Crippen molar-refractivity contribution < 1.29 is 14.4 Å². The summed E-state index contributed by atoms with van der Waals surface area (Å²) in [6.45, 7) is 2.00. The van der Waals surface area contributed by atoms with E-state index in [1.165, 1.54) is 29.5 Å². The Morgan fingerprint density at radius 1 is 1.16 bits per heavy atom. The van der Waals surface area contributed by atoms with Crippen LogP contribution >= 0.6 is 11.3 Å². The zero-order valence-electron chi connectivity index (χ0n) is 16.3. The van der Waals surface area contributed by atoms with Gasteiger partial charge in [0.1, 0.15) is 22.4 Å². The van der Waals surface area contributed by atoms with E-state index < -0.39 is 4.92 Å². The first-order valence-corrected chi connectivity index (χ1v) is 10.1. The number of aliphatic hydroxyl groups excluding tert-OH is 1. The summed E-state index contributed by atoms with van der Waals surface area (Å²) in [5, 5.41) is 33.5. The lowest BCUT2D eigenvalue weighted by Crippen LogP contribution is -1.89.